The van der Waals surface area contributed by atoms with Crippen molar-refractivity contribution in [2.45, 2.75) is 0 Å². The van der Waals surface area contributed by atoms with Gasteiger partial charge >= 0.3 is 0 Å². The van der Waals surface area contributed by atoms with Crippen LogP contribution < -0.4 is 0 Å². The van der Waals surface area contributed by atoms with Crippen LogP contribution in [0.1, 0.15) is 0 Å². The standard InChI is InChI=1S/C6H11NO/c1-2-3-7-4-5-8-6-7/h2H,1,3-6H2. The molecule has 0 aliphatic carbocycles. The molecule has 1 saturated heterocycles. The van der Waals surface area contributed by atoms with Crippen molar-refractivity contribution in [1.82, 2.24) is 4.90 Å². The monoisotopic (exact) mass is 113 g/mol. The van der Waals surface area contributed by atoms with E-state index >= 15 is 0 Å². The Balaban J connectivity index is 2.14. The molecule has 2 heteroatoms. The molecule has 1 aliphatic heterocycles. The van der Waals surface area contributed by atoms with Crippen molar-refractivity contribution in [3.8, 4) is 0 Å². The molecule has 0 spiro atoms. The van der Waals surface area contributed by atoms with Crippen LogP contribution >= 0.6 is 0 Å². The van der Waals surface area contributed by atoms with Crippen LogP contribution in [-0.2, 0) is 4.74 Å². The summed E-state index contributed by atoms with van der Waals surface area (Å²) in [5.74, 6) is 0. The van der Waals surface area contributed by atoms with Crippen molar-refractivity contribution >= 4 is 0 Å². The maximum absolute atomic E-state index is 5.09. The van der Waals surface area contributed by atoms with E-state index in [1.165, 1.54) is 0 Å². The molecular weight excluding hydrogens is 102 g/mol. The predicted octanol–water partition coefficient (Wildman–Crippen LogP) is 0.462. The van der Waals surface area contributed by atoms with Gasteiger partial charge in [-0.25, -0.2) is 0 Å². The molecule has 0 aromatic rings. The molecule has 1 aliphatic rings. The Kier molecular flexibility index (Phi) is 2.06. The SMILES string of the molecule is C=CCN1CCOC1. The van der Waals surface area contributed by atoms with Crippen molar-refractivity contribution < 1.29 is 4.74 Å². The van der Waals surface area contributed by atoms with Gasteiger partial charge in [-0.1, -0.05) is 6.08 Å². The van der Waals surface area contributed by atoms with Crippen LogP contribution in [-0.4, -0.2) is 31.3 Å². The summed E-state index contributed by atoms with van der Waals surface area (Å²) < 4.78 is 5.09. The summed E-state index contributed by atoms with van der Waals surface area (Å²) in [4.78, 5) is 2.20. The van der Waals surface area contributed by atoms with Crippen molar-refractivity contribution in [3.63, 3.8) is 0 Å². The van der Waals surface area contributed by atoms with Gasteiger partial charge in [-0.05, 0) is 0 Å². The first-order chi connectivity index (χ1) is 3.93. The van der Waals surface area contributed by atoms with Gasteiger partial charge < -0.3 is 4.74 Å². The van der Waals surface area contributed by atoms with E-state index in [4.69, 9.17) is 4.74 Å². The zero-order valence-electron chi connectivity index (χ0n) is 4.97. The molecule has 8 heavy (non-hydrogen) atoms. The molecule has 1 fully saturated rings. The fourth-order valence-corrected chi connectivity index (χ4v) is 0.778. The molecule has 0 radical (unpaired) electrons. The van der Waals surface area contributed by atoms with Crippen LogP contribution in [0.4, 0.5) is 0 Å². The topological polar surface area (TPSA) is 12.5 Å². The van der Waals surface area contributed by atoms with Gasteiger partial charge in [-0.15, -0.1) is 6.58 Å². The Morgan fingerprint density at radius 3 is 3.12 bits per heavy atom. The molecule has 0 N–H and O–H groups in total. The van der Waals surface area contributed by atoms with Crippen LogP contribution in [0.3, 0.4) is 0 Å². The Morgan fingerprint density at radius 1 is 1.75 bits per heavy atom. The molecule has 2 nitrogen and oxygen atoms in total. The maximum atomic E-state index is 5.09. The van der Waals surface area contributed by atoms with Gasteiger partial charge in [0.25, 0.3) is 0 Å². The molecule has 1 rings (SSSR count). The lowest BCUT2D eigenvalue weighted by Gasteiger charge is -2.06. The first-order valence-corrected chi connectivity index (χ1v) is 2.84. The summed E-state index contributed by atoms with van der Waals surface area (Å²) in [5, 5.41) is 0. The van der Waals surface area contributed by atoms with Crippen molar-refractivity contribution in [2.75, 3.05) is 26.4 Å². The molecule has 0 atom stereocenters. The normalized spacial score (nSPS) is 21.5. The fourth-order valence-electron chi connectivity index (χ4n) is 0.778. The van der Waals surface area contributed by atoms with E-state index in [9.17, 15) is 0 Å². The molecule has 0 amide bonds. The Morgan fingerprint density at radius 2 is 2.62 bits per heavy atom. The van der Waals surface area contributed by atoms with E-state index in [2.05, 4.69) is 11.5 Å². The van der Waals surface area contributed by atoms with Gasteiger partial charge in [0.1, 0.15) is 0 Å². The Bertz CT molecular complexity index is 76.6. The van der Waals surface area contributed by atoms with E-state index in [1.807, 2.05) is 6.08 Å². The number of hydrogen-bond acceptors (Lipinski definition) is 2. The van der Waals surface area contributed by atoms with Crippen molar-refractivity contribution in [1.29, 1.82) is 0 Å². The average molecular weight is 113 g/mol. The van der Waals surface area contributed by atoms with Gasteiger partial charge in [-0.3, -0.25) is 4.90 Å². The Hall–Kier alpha value is -0.340. The molecule has 0 bridgehead atoms. The van der Waals surface area contributed by atoms with Gasteiger partial charge in [0.15, 0.2) is 0 Å². The highest BCUT2D eigenvalue weighted by Crippen LogP contribution is 1.96. The van der Waals surface area contributed by atoms with Crippen LogP contribution in [0.2, 0.25) is 0 Å². The second kappa shape index (κ2) is 2.84. The lowest BCUT2D eigenvalue weighted by atomic mass is 10.5. The minimum atomic E-state index is 0.784. The summed E-state index contributed by atoms with van der Waals surface area (Å²) in [6.45, 7) is 7.31. The summed E-state index contributed by atoms with van der Waals surface area (Å²) in [6.07, 6.45) is 1.90. The highest BCUT2D eigenvalue weighted by Gasteiger charge is 2.07. The second-order valence-electron chi connectivity index (χ2n) is 1.90. The second-order valence-corrected chi connectivity index (χ2v) is 1.90. The summed E-state index contributed by atoms with van der Waals surface area (Å²) >= 11 is 0. The summed E-state index contributed by atoms with van der Waals surface area (Å²) in [5.41, 5.74) is 0. The fraction of sp³-hybridized carbons (Fsp3) is 0.667. The smallest absolute Gasteiger partial charge is 0.0994 e. The third-order valence-electron chi connectivity index (χ3n) is 1.21. The number of ether oxygens (including phenoxy) is 1. The quantitative estimate of drug-likeness (QED) is 0.482. The lowest BCUT2D eigenvalue weighted by Crippen LogP contribution is -2.19. The van der Waals surface area contributed by atoms with Gasteiger partial charge in [0.2, 0.25) is 0 Å². The minimum absolute atomic E-state index is 0.784. The zero-order chi connectivity index (χ0) is 5.82. The minimum Gasteiger partial charge on any atom is -0.365 e. The zero-order valence-corrected chi connectivity index (χ0v) is 4.97. The van der Waals surface area contributed by atoms with Crippen LogP contribution in [0, 0.1) is 0 Å². The van der Waals surface area contributed by atoms with Crippen LogP contribution in [0.15, 0.2) is 12.7 Å². The molecule has 0 aromatic carbocycles. The molecule has 1 heterocycles. The third-order valence-corrected chi connectivity index (χ3v) is 1.21. The van der Waals surface area contributed by atoms with E-state index in [0.29, 0.717) is 0 Å². The number of nitrogens with zero attached hydrogens (tertiary/aromatic N) is 1. The molecule has 0 saturated carbocycles. The Labute approximate surface area is 49.7 Å². The van der Waals surface area contributed by atoms with Gasteiger partial charge in [-0.2, -0.15) is 0 Å². The highest BCUT2D eigenvalue weighted by atomic mass is 16.5. The summed E-state index contributed by atoms with van der Waals surface area (Å²) in [6, 6.07) is 0. The average Bonchev–Trinajstić information content (AvgIpc) is 2.19. The summed E-state index contributed by atoms with van der Waals surface area (Å²) in [7, 11) is 0. The first kappa shape index (κ1) is 5.79. The maximum Gasteiger partial charge on any atom is 0.0994 e. The van der Waals surface area contributed by atoms with E-state index in [0.717, 1.165) is 26.4 Å². The van der Waals surface area contributed by atoms with Gasteiger partial charge in [0, 0.05) is 13.1 Å². The van der Waals surface area contributed by atoms with E-state index < -0.39 is 0 Å². The first-order valence-electron chi connectivity index (χ1n) is 2.84. The molecule has 46 valence electrons. The largest absolute Gasteiger partial charge is 0.365 e. The van der Waals surface area contributed by atoms with Crippen LogP contribution in [0.25, 0.3) is 0 Å². The van der Waals surface area contributed by atoms with Crippen LogP contribution in [0.5, 0.6) is 0 Å². The molecular formula is C6H11NO. The van der Waals surface area contributed by atoms with Gasteiger partial charge in [0.05, 0.1) is 13.3 Å². The third kappa shape index (κ3) is 1.32. The number of rotatable bonds is 2. The lowest BCUT2D eigenvalue weighted by molar-refractivity contribution is 0.147. The predicted molar refractivity (Wildman–Crippen MR) is 32.6 cm³/mol. The van der Waals surface area contributed by atoms with E-state index in [-0.39, 0.29) is 0 Å². The molecule has 0 unspecified atom stereocenters. The van der Waals surface area contributed by atoms with E-state index in [1.54, 1.807) is 0 Å². The van der Waals surface area contributed by atoms with Crippen molar-refractivity contribution in [3.05, 3.63) is 12.7 Å². The highest BCUT2D eigenvalue weighted by molar-refractivity contribution is 4.73. The number of hydrogen-bond donors (Lipinski definition) is 0. The van der Waals surface area contributed by atoms with Crippen molar-refractivity contribution in [2.24, 2.45) is 0 Å². The molecule has 0 aromatic heterocycles.